The number of aromatic carboxylic acids is 3. The summed E-state index contributed by atoms with van der Waals surface area (Å²) in [4.78, 5) is 49.5. The van der Waals surface area contributed by atoms with E-state index in [4.69, 9.17) is 8.83 Å². The number of para-hydroxylation sites is 4. The molecule has 0 amide bonds. The molecule has 0 saturated heterocycles. The van der Waals surface area contributed by atoms with Gasteiger partial charge in [0.1, 0.15) is 11.0 Å². The third-order valence-corrected chi connectivity index (χ3v) is 7.25. The van der Waals surface area contributed by atoms with Crippen LogP contribution in [0.25, 0.3) is 45.1 Å². The number of carbonyl (C=O) groups is 3. The van der Waals surface area contributed by atoms with Crippen molar-refractivity contribution in [3.05, 3.63) is 199 Å². The van der Waals surface area contributed by atoms with E-state index >= 15 is 0 Å². The molecule has 0 aliphatic heterocycles. The predicted octanol–water partition coefficient (Wildman–Crippen LogP) is 5.32. The summed E-state index contributed by atoms with van der Waals surface area (Å²) in [5, 5.41) is 30.1. The van der Waals surface area contributed by atoms with Crippen LogP contribution in [-0.4, -0.2) is 42.8 Å². The molecule has 9 rings (SSSR count). The molecule has 0 unspecified atom stereocenters. The Balaban J connectivity index is 0.000000164. The van der Waals surface area contributed by atoms with E-state index in [2.05, 4.69) is 24.9 Å². The Morgan fingerprint density at radius 1 is 0.379 bits per heavy atom. The van der Waals surface area contributed by atoms with Gasteiger partial charge in [-0.05, 0) is 84.9 Å². The number of carbonyl (C=O) groups excluding carboxylic acids is 3. The van der Waals surface area contributed by atoms with Crippen molar-refractivity contribution < 1.29 is 58.6 Å². The van der Waals surface area contributed by atoms with Gasteiger partial charge < -0.3 is 38.5 Å². The maximum atomic E-state index is 10.0. The zero-order valence-electron chi connectivity index (χ0n) is 30.2. The van der Waals surface area contributed by atoms with Crippen LogP contribution in [0, 0.1) is 0 Å². The summed E-state index contributed by atoms with van der Waals surface area (Å²) in [5.74, 6) is -2.37. The number of benzene rings is 4. The second-order valence-corrected chi connectivity index (χ2v) is 11.2. The first-order valence-electron chi connectivity index (χ1n) is 17.0. The van der Waals surface area contributed by atoms with E-state index < -0.39 is 17.9 Å². The van der Waals surface area contributed by atoms with Gasteiger partial charge >= 0.3 is 20.1 Å². The summed E-state index contributed by atoms with van der Waals surface area (Å²) in [5.41, 5.74) is 5.38. The zero-order valence-corrected chi connectivity index (χ0v) is 32.6. The number of rotatable bonds is 5. The molecule has 0 aliphatic rings. The minimum Gasteiger partial charge on any atom is -0.543 e. The number of nitrogens with zero attached hydrogens (tertiary/aromatic N) is 5. The third-order valence-electron chi connectivity index (χ3n) is 7.25. The summed E-state index contributed by atoms with van der Waals surface area (Å²) in [6, 6.07) is 49.3. The quantitative estimate of drug-likeness (QED) is 0.214. The molecule has 0 N–H and O–H groups in total. The molecule has 4 aromatic carbocycles. The van der Waals surface area contributed by atoms with E-state index in [1.54, 1.807) is 36.4 Å². The van der Waals surface area contributed by atoms with Gasteiger partial charge in [0.2, 0.25) is 11.8 Å². The smallest absolute Gasteiger partial charge is 0.543 e. The molecule has 0 atom stereocenters. The first-order valence-corrected chi connectivity index (χ1v) is 17.0. The van der Waals surface area contributed by atoms with Gasteiger partial charge in [-0.3, -0.25) is 15.0 Å². The van der Waals surface area contributed by atoms with Crippen molar-refractivity contribution in [3.8, 4) is 22.9 Å². The largest absolute Gasteiger partial charge is 3.00 e. The Hall–Kier alpha value is -7.67. The van der Waals surface area contributed by atoms with Crippen LogP contribution >= 0.6 is 0 Å². The summed E-state index contributed by atoms with van der Waals surface area (Å²) in [7, 11) is 0. The van der Waals surface area contributed by atoms with E-state index in [9.17, 15) is 29.7 Å². The van der Waals surface area contributed by atoms with Crippen molar-refractivity contribution >= 4 is 40.1 Å². The molecular weight excluding hydrogens is 919 g/mol. The van der Waals surface area contributed by atoms with Crippen molar-refractivity contribution in [2.75, 3.05) is 0 Å². The second-order valence-electron chi connectivity index (χ2n) is 11.2. The molecule has 0 bridgehead atoms. The monoisotopic (exact) mass is 949 g/mol. The Labute approximate surface area is 344 Å². The van der Waals surface area contributed by atoms with Gasteiger partial charge in [0.15, 0.2) is 11.2 Å². The van der Waals surface area contributed by atoms with Crippen molar-refractivity contribution in [1.82, 2.24) is 24.9 Å². The first-order chi connectivity index (χ1) is 27.8. The number of pyridine rings is 3. The fourth-order valence-corrected chi connectivity index (χ4v) is 4.60. The van der Waals surface area contributed by atoms with Gasteiger partial charge in [-0.1, -0.05) is 78.9 Å². The number of aromatic nitrogens is 5. The van der Waals surface area contributed by atoms with Crippen LogP contribution in [0.15, 0.2) is 191 Å². The Bertz CT molecular complexity index is 2320. The van der Waals surface area contributed by atoms with Gasteiger partial charge in [0.05, 0.1) is 35.0 Å². The van der Waals surface area contributed by atoms with Gasteiger partial charge in [0.25, 0.3) is 0 Å². The fourth-order valence-electron chi connectivity index (χ4n) is 4.60. The number of carboxylic acid groups (broad SMARTS) is 3. The number of hydrogen-bond acceptors (Lipinski definition) is 13. The van der Waals surface area contributed by atoms with Gasteiger partial charge in [-0.2, -0.15) is 0 Å². The molecule has 58 heavy (non-hydrogen) atoms. The van der Waals surface area contributed by atoms with Gasteiger partial charge in [-0.25, -0.2) is 9.97 Å². The number of carboxylic acids is 3. The molecule has 5 heterocycles. The Morgan fingerprint density at radius 2 is 0.672 bits per heavy atom. The molecule has 288 valence electrons. The van der Waals surface area contributed by atoms with E-state index in [0.29, 0.717) is 11.8 Å². The molecule has 0 fully saturated rings. The molecule has 13 nitrogen and oxygen atoms in total. The van der Waals surface area contributed by atoms with Crippen LogP contribution < -0.4 is 15.3 Å². The van der Waals surface area contributed by atoms with Crippen LogP contribution in [0.2, 0.25) is 0 Å². The van der Waals surface area contributed by atoms with Gasteiger partial charge in [0, 0.05) is 29.7 Å². The number of oxazole rings is 2. The third kappa shape index (κ3) is 13.3. The normalized spacial score (nSPS) is 9.66. The standard InChI is InChI=1S/2C13H9NO.3C6H5NO2.Ir/c2*1-2-6-10(7-3-1)13-14-11-8-4-5-9-12(11)15-13;3*8-6(9)5-3-1-2-4-7-5;/h2*1-9H;3*1-4H,(H,8,9);/q;;;;;+3/p-3. The summed E-state index contributed by atoms with van der Waals surface area (Å²) in [6.07, 6.45) is 4.22. The van der Waals surface area contributed by atoms with Crippen molar-refractivity contribution in [2.45, 2.75) is 0 Å². The zero-order chi connectivity index (χ0) is 40.2. The summed E-state index contributed by atoms with van der Waals surface area (Å²) < 4.78 is 11.3. The molecule has 14 heteroatoms. The molecular formula is C44H30IrN5O8. The average molecular weight is 949 g/mol. The van der Waals surface area contributed by atoms with Crippen molar-refractivity contribution in [2.24, 2.45) is 0 Å². The summed E-state index contributed by atoms with van der Waals surface area (Å²) >= 11 is 0. The average Bonchev–Trinajstić information content (AvgIpc) is 3.92. The van der Waals surface area contributed by atoms with E-state index in [1.165, 1.54) is 36.8 Å². The number of hydrogen-bond donors (Lipinski definition) is 0. The molecule has 0 radical (unpaired) electrons. The Morgan fingerprint density at radius 3 is 0.931 bits per heavy atom. The first kappa shape index (κ1) is 43.1. The maximum Gasteiger partial charge on any atom is 3.00 e. The predicted molar refractivity (Wildman–Crippen MR) is 205 cm³/mol. The van der Waals surface area contributed by atoms with Crippen LogP contribution in [0.3, 0.4) is 0 Å². The fraction of sp³-hybridized carbons (Fsp3) is 0. The van der Waals surface area contributed by atoms with Crippen LogP contribution in [-0.2, 0) is 20.1 Å². The van der Waals surface area contributed by atoms with Crippen LogP contribution in [0.4, 0.5) is 0 Å². The molecule has 5 aromatic heterocycles. The summed E-state index contributed by atoms with van der Waals surface area (Å²) in [6.45, 7) is 0. The topological polar surface area (TPSA) is 211 Å². The molecule has 0 saturated carbocycles. The number of fused-ring (bicyclic) bond motifs is 2. The molecule has 0 aliphatic carbocycles. The van der Waals surface area contributed by atoms with Gasteiger partial charge in [-0.15, -0.1) is 0 Å². The van der Waals surface area contributed by atoms with Crippen LogP contribution in [0.5, 0.6) is 0 Å². The van der Waals surface area contributed by atoms with Crippen molar-refractivity contribution in [3.63, 3.8) is 0 Å². The minimum absolute atomic E-state index is 0. The SMILES string of the molecule is O=C([O-])c1ccccn1.O=C([O-])c1ccccn1.O=C([O-])c1ccccn1.[Ir+3].c1ccc(-c2nc3ccccc3o2)cc1.c1ccc(-c2nc3ccccc3o2)cc1. The molecule has 9 aromatic rings. The minimum atomic E-state index is -1.24. The Kier molecular flexibility index (Phi) is 16.8. The maximum absolute atomic E-state index is 10.0. The van der Waals surface area contributed by atoms with E-state index in [-0.39, 0.29) is 37.2 Å². The van der Waals surface area contributed by atoms with Crippen molar-refractivity contribution in [1.29, 1.82) is 0 Å². The van der Waals surface area contributed by atoms with E-state index in [0.717, 1.165) is 33.3 Å². The van der Waals surface area contributed by atoms with Crippen LogP contribution in [0.1, 0.15) is 31.5 Å². The molecule has 0 spiro atoms. The van der Waals surface area contributed by atoms with E-state index in [1.807, 2.05) is 109 Å². The second kappa shape index (κ2) is 22.6.